The maximum absolute atomic E-state index is 12.4. The zero-order chi connectivity index (χ0) is 17.0. The first-order valence-corrected chi connectivity index (χ1v) is 9.19. The zero-order valence-corrected chi connectivity index (χ0v) is 14.4. The number of methoxy groups -OCH3 is 2. The molecule has 23 heavy (non-hydrogen) atoms. The Morgan fingerprint density at radius 3 is 2.26 bits per heavy atom. The number of rotatable bonds is 8. The van der Waals surface area contributed by atoms with Crippen LogP contribution < -0.4 is 14.8 Å². The van der Waals surface area contributed by atoms with Crippen LogP contribution in [0.3, 0.4) is 0 Å². The third-order valence-corrected chi connectivity index (χ3v) is 4.99. The van der Waals surface area contributed by atoms with Gasteiger partial charge >= 0.3 is 0 Å². The van der Waals surface area contributed by atoms with E-state index in [0.717, 1.165) is 12.8 Å². The van der Waals surface area contributed by atoms with E-state index in [1.165, 1.54) is 24.8 Å². The molecule has 2 rings (SSSR count). The predicted octanol–water partition coefficient (Wildman–Crippen LogP) is 0.858. The van der Waals surface area contributed by atoms with Gasteiger partial charge in [-0.3, -0.25) is 4.79 Å². The number of nitrogens with zero attached hydrogens (tertiary/aromatic N) is 1. The van der Waals surface area contributed by atoms with Crippen LogP contribution in [0.2, 0.25) is 0 Å². The number of hydrogen-bond donors (Lipinski definition) is 1. The van der Waals surface area contributed by atoms with Crippen molar-refractivity contribution < 1.29 is 22.7 Å². The Bertz CT molecular complexity index is 648. The van der Waals surface area contributed by atoms with Crippen LogP contribution in [-0.2, 0) is 10.0 Å². The van der Waals surface area contributed by atoms with Gasteiger partial charge in [-0.05, 0) is 25.0 Å². The lowest BCUT2D eigenvalue weighted by Gasteiger charge is -2.20. The molecule has 8 heteroatoms. The SMILES string of the molecule is COc1cccc(OC)c1C(=O)NCCN(C1CC1)S(C)(=O)=O. The largest absolute Gasteiger partial charge is 0.496 e. The first kappa shape index (κ1) is 17.6. The number of hydrogen-bond acceptors (Lipinski definition) is 5. The molecule has 1 fully saturated rings. The Kier molecular flexibility index (Phi) is 5.48. The maximum Gasteiger partial charge on any atom is 0.258 e. The number of amides is 1. The monoisotopic (exact) mass is 342 g/mol. The molecule has 1 aromatic rings. The standard InChI is InChI=1S/C15H22N2O5S/c1-21-12-5-4-6-13(22-2)14(12)15(18)16-9-10-17(11-7-8-11)23(3,19)20/h4-6,11H,7-10H2,1-3H3,(H,16,18). The Balaban J connectivity index is 2.03. The van der Waals surface area contributed by atoms with Gasteiger partial charge in [0.15, 0.2) is 0 Å². The normalized spacial score (nSPS) is 14.6. The highest BCUT2D eigenvalue weighted by Gasteiger charge is 2.34. The molecule has 0 aliphatic heterocycles. The number of benzene rings is 1. The first-order chi connectivity index (χ1) is 10.9. The third-order valence-electron chi connectivity index (χ3n) is 3.65. The van der Waals surface area contributed by atoms with Gasteiger partial charge in [0.05, 0.1) is 20.5 Å². The molecule has 0 heterocycles. The van der Waals surface area contributed by atoms with Gasteiger partial charge in [-0.25, -0.2) is 8.42 Å². The molecular formula is C15H22N2O5S. The van der Waals surface area contributed by atoms with E-state index in [1.807, 2.05) is 0 Å². The molecule has 1 saturated carbocycles. The van der Waals surface area contributed by atoms with Gasteiger partial charge in [0.2, 0.25) is 10.0 Å². The molecule has 0 aromatic heterocycles. The van der Waals surface area contributed by atoms with Gasteiger partial charge in [-0.2, -0.15) is 4.31 Å². The van der Waals surface area contributed by atoms with Crippen molar-refractivity contribution in [2.75, 3.05) is 33.6 Å². The van der Waals surface area contributed by atoms with Crippen LogP contribution in [0.25, 0.3) is 0 Å². The average molecular weight is 342 g/mol. The van der Waals surface area contributed by atoms with Crippen LogP contribution in [0.1, 0.15) is 23.2 Å². The minimum Gasteiger partial charge on any atom is -0.496 e. The minimum atomic E-state index is -3.26. The summed E-state index contributed by atoms with van der Waals surface area (Å²) in [4.78, 5) is 12.4. The van der Waals surface area contributed by atoms with Crippen molar-refractivity contribution in [3.05, 3.63) is 23.8 Å². The summed E-state index contributed by atoms with van der Waals surface area (Å²) in [7, 11) is -0.305. The summed E-state index contributed by atoms with van der Waals surface area (Å²) in [5, 5.41) is 2.73. The number of sulfonamides is 1. The Morgan fingerprint density at radius 2 is 1.83 bits per heavy atom. The van der Waals surface area contributed by atoms with Crippen molar-refractivity contribution in [3.8, 4) is 11.5 Å². The highest BCUT2D eigenvalue weighted by atomic mass is 32.2. The lowest BCUT2D eigenvalue weighted by Crippen LogP contribution is -2.39. The Morgan fingerprint density at radius 1 is 1.26 bits per heavy atom. The highest BCUT2D eigenvalue weighted by molar-refractivity contribution is 7.88. The molecule has 0 unspecified atom stereocenters. The van der Waals surface area contributed by atoms with E-state index in [0.29, 0.717) is 17.1 Å². The molecule has 0 saturated heterocycles. The van der Waals surface area contributed by atoms with Crippen LogP contribution in [0.15, 0.2) is 18.2 Å². The molecule has 0 bridgehead atoms. The lowest BCUT2D eigenvalue weighted by molar-refractivity contribution is 0.0945. The van der Waals surface area contributed by atoms with Crippen molar-refractivity contribution in [3.63, 3.8) is 0 Å². The molecule has 1 aliphatic rings. The van der Waals surface area contributed by atoms with Crippen molar-refractivity contribution >= 4 is 15.9 Å². The fourth-order valence-electron chi connectivity index (χ4n) is 2.42. The molecule has 0 atom stereocenters. The van der Waals surface area contributed by atoms with Gasteiger partial charge in [0, 0.05) is 19.1 Å². The van der Waals surface area contributed by atoms with E-state index in [4.69, 9.17) is 9.47 Å². The van der Waals surface area contributed by atoms with Gasteiger partial charge in [-0.15, -0.1) is 0 Å². The molecule has 128 valence electrons. The van der Waals surface area contributed by atoms with Crippen LogP contribution in [0.4, 0.5) is 0 Å². The van der Waals surface area contributed by atoms with Crippen LogP contribution >= 0.6 is 0 Å². The van der Waals surface area contributed by atoms with Crippen LogP contribution in [0, 0.1) is 0 Å². The second-order valence-electron chi connectivity index (χ2n) is 5.40. The molecule has 1 aliphatic carbocycles. The van der Waals surface area contributed by atoms with Crippen molar-refractivity contribution in [2.24, 2.45) is 0 Å². The highest BCUT2D eigenvalue weighted by Crippen LogP contribution is 2.29. The predicted molar refractivity (Wildman–Crippen MR) is 86.5 cm³/mol. The second-order valence-corrected chi connectivity index (χ2v) is 7.33. The summed E-state index contributed by atoms with van der Waals surface area (Å²) in [6.07, 6.45) is 2.94. The fourth-order valence-corrected chi connectivity index (χ4v) is 3.60. The smallest absolute Gasteiger partial charge is 0.258 e. The second kappa shape index (κ2) is 7.18. The molecule has 1 amide bonds. The first-order valence-electron chi connectivity index (χ1n) is 7.34. The van der Waals surface area contributed by atoms with E-state index in [2.05, 4.69) is 5.32 Å². The maximum atomic E-state index is 12.4. The summed E-state index contributed by atoms with van der Waals surface area (Å²) in [6.45, 7) is 0.482. The fraction of sp³-hybridized carbons (Fsp3) is 0.533. The molecule has 0 radical (unpaired) electrons. The number of carbonyl (C=O) groups excluding carboxylic acids is 1. The van der Waals surface area contributed by atoms with Gasteiger partial charge in [0.1, 0.15) is 17.1 Å². The van der Waals surface area contributed by atoms with Crippen molar-refractivity contribution in [1.82, 2.24) is 9.62 Å². The van der Waals surface area contributed by atoms with E-state index >= 15 is 0 Å². The average Bonchev–Trinajstić information content (AvgIpc) is 3.33. The molecule has 1 aromatic carbocycles. The number of nitrogens with one attached hydrogen (secondary N) is 1. The number of ether oxygens (including phenoxy) is 2. The Labute approximate surface area is 136 Å². The molecule has 1 N–H and O–H groups in total. The Hall–Kier alpha value is -1.80. The van der Waals surface area contributed by atoms with E-state index in [-0.39, 0.29) is 25.0 Å². The van der Waals surface area contributed by atoms with Gasteiger partial charge < -0.3 is 14.8 Å². The lowest BCUT2D eigenvalue weighted by atomic mass is 10.1. The van der Waals surface area contributed by atoms with Crippen LogP contribution in [-0.4, -0.2) is 58.2 Å². The zero-order valence-electron chi connectivity index (χ0n) is 13.5. The summed E-state index contributed by atoms with van der Waals surface area (Å²) in [6, 6.07) is 5.14. The molecular weight excluding hydrogens is 320 g/mol. The van der Waals surface area contributed by atoms with Crippen molar-refractivity contribution in [1.29, 1.82) is 0 Å². The van der Waals surface area contributed by atoms with Crippen molar-refractivity contribution in [2.45, 2.75) is 18.9 Å². The summed E-state index contributed by atoms with van der Waals surface area (Å²) >= 11 is 0. The summed E-state index contributed by atoms with van der Waals surface area (Å²) < 4.78 is 35.3. The van der Waals surface area contributed by atoms with Crippen LogP contribution in [0.5, 0.6) is 11.5 Å². The third kappa shape index (κ3) is 4.35. The van der Waals surface area contributed by atoms with E-state index in [1.54, 1.807) is 18.2 Å². The quantitative estimate of drug-likeness (QED) is 0.757. The molecule has 0 spiro atoms. The summed E-state index contributed by atoms with van der Waals surface area (Å²) in [5.41, 5.74) is 0.301. The van der Waals surface area contributed by atoms with Gasteiger partial charge in [0.25, 0.3) is 5.91 Å². The number of carbonyl (C=O) groups is 1. The van der Waals surface area contributed by atoms with E-state index < -0.39 is 10.0 Å². The van der Waals surface area contributed by atoms with E-state index in [9.17, 15) is 13.2 Å². The van der Waals surface area contributed by atoms with Gasteiger partial charge in [-0.1, -0.05) is 6.07 Å². The topological polar surface area (TPSA) is 84.9 Å². The summed E-state index contributed by atoms with van der Waals surface area (Å²) in [5.74, 6) is 0.455. The minimum absolute atomic E-state index is 0.0719. The molecule has 7 nitrogen and oxygen atoms in total.